The third kappa shape index (κ3) is 17.5. The highest BCUT2D eigenvalue weighted by molar-refractivity contribution is 9.09. The van der Waals surface area contributed by atoms with Gasteiger partial charge in [0.1, 0.15) is 0 Å². The van der Waals surface area contributed by atoms with Gasteiger partial charge in [-0.15, -0.1) is 0 Å². The maximum atomic E-state index is 11.2. The van der Waals surface area contributed by atoms with Gasteiger partial charge in [0.15, 0.2) is 16.6 Å². The molecule has 0 radical (unpaired) electrons. The Kier molecular flexibility index (Phi) is 18.5. The average molecular weight is 522 g/mol. The van der Waals surface area contributed by atoms with Gasteiger partial charge >= 0.3 is 0 Å². The van der Waals surface area contributed by atoms with Crippen LogP contribution in [0.15, 0.2) is 0 Å². The van der Waals surface area contributed by atoms with E-state index < -0.39 is 16.6 Å². The van der Waals surface area contributed by atoms with E-state index in [1.54, 1.807) is 0 Å². The largest absolute Gasteiger partial charge is 0.455 e. The molecule has 0 aliphatic heterocycles. The smallest absolute Gasteiger partial charge is 0.230 e. The Labute approximate surface area is 174 Å². The molecular weight excluding hydrogens is 484 g/mol. The van der Waals surface area contributed by atoms with Crippen LogP contribution in [-0.2, 0) is 13.7 Å². The molecule has 0 bridgehead atoms. The van der Waals surface area contributed by atoms with Crippen LogP contribution >= 0.6 is 31.9 Å². The van der Waals surface area contributed by atoms with Gasteiger partial charge in [-0.1, -0.05) is 46.7 Å². The van der Waals surface area contributed by atoms with Gasteiger partial charge in [-0.2, -0.15) is 0 Å². The van der Waals surface area contributed by atoms with E-state index >= 15 is 0 Å². The van der Waals surface area contributed by atoms with Crippen LogP contribution in [0.5, 0.6) is 0 Å². The van der Waals surface area contributed by atoms with Gasteiger partial charge in [0.25, 0.3) is 0 Å². The number of nitrogens with one attached hydrogen (secondary N) is 2. The van der Waals surface area contributed by atoms with E-state index in [0.29, 0.717) is 23.7 Å². The molecule has 0 spiro atoms. The van der Waals surface area contributed by atoms with E-state index in [4.69, 9.17) is 4.12 Å². The monoisotopic (exact) mass is 520 g/mol. The zero-order valence-corrected chi connectivity index (χ0v) is 19.8. The van der Waals surface area contributed by atoms with Gasteiger partial charge in [-0.25, -0.2) is 0 Å². The first-order valence-corrected chi connectivity index (χ1v) is 16.4. The van der Waals surface area contributed by atoms with Crippen LogP contribution in [0, 0.1) is 0 Å². The summed E-state index contributed by atoms with van der Waals surface area (Å²) in [7, 11) is -3.41. The van der Waals surface area contributed by atoms with Crippen molar-refractivity contribution in [3.8, 4) is 0 Å². The fraction of sp³-hybridized carbons (Fsp3) is 0.875. The third-order valence-electron chi connectivity index (χ3n) is 3.35. The average Bonchev–Trinajstić information content (AvgIpc) is 2.46. The quantitative estimate of drug-likeness (QED) is 0.226. The number of carbonyl (C=O) groups is 2. The van der Waals surface area contributed by atoms with E-state index in [0.717, 1.165) is 24.9 Å². The van der Waals surface area contributed by atoms with Gasteiger partial charge < -0.3 is 14.7 Å². The highest BCUT2D eigenvalue weighted by Crippen LogP contribution is 2.23. The molecule has 0 rings (SSSR count). The summed E-state index contributed by atoms with van der Waals surface area (Å²) in [5, 5.41) is 6.46. The minimum absolute atomic E-state index is 0. The first-order chi connectivity index (χ1) is 10.6. The number of amides is 2. The second-order valence-electron chi connectivity index (χ2n) is 6.80. The molecule has 0 aromatic rings. The van der Waals surface area contributed by atoms with Crippen LogP contribution in [0.4, 0.5) is 0 Å². The summed E-state index contributed by atoms with van der Waals surface area (Å²) < 4.78 is 6.53. The van der Waals surface area contributed by atoms with E-state index in [-0.39, 0.29) is 26.7 Å². The highest BCUT2D eigenvalue weighted by Gasteiger charge is 2.32. The molecule has 0 aromatic carbocycles. The molecule has 0 aliphatic rings. The molecule has 0 heterocycles. The Morgan fingerprint density at radius 2 is 1.12 bits per heavy atom. The Morgan fingerprint density at radius 3 is 1.40 bits per heavy atom. The Hall–Kier alpha value is 0.294. The topological polar surface area (TPSA) is 67.4 Å². The second kappa shape index (κ2) is 15.4. The zero-order valence-electron chi connectivity index (χ0n) is 14.6. The number of alkyl halides is 2. The molecule has 2 N–H and O–H groups in total. The molecule has 0 saturated carbocycles. The van der Waals surface area contributed by atoms with Crippen molar-refractivity contribution in [2.75, 3.05) is 23.7 Å². The second-order valence-corrected chi connectivity index (χ2v) is 16.8. The van der Waals surface area contributed by atoms with E-state index in [1.165, 1.54) is 0 Å². The van der Waals surface area contributed by atoms with Crippen molar-refractivity contribution in [3.05, 3.63) is 0 Å². The van der Waals surface area contributed by atoms with Crippen LogP contribution in [0.2, 0.25) is 38.3 Å². The molecule has 2 amide bonds. The number of halogens is 2. The molecule has 0 unspecified atom stereocenters. The lowest BCUT2D eigenvalue weighted by molar-refractivity contribution is -0.119. The van der Waals surface area contributed by atoms with Gasteiger partial charge in [-0.3, -0.25) is 9.59 Å². The van der Waals surface area contributed by atoms with Crippen LogP contribution in [-0.4, -0.2) is 52.2 Å². The fourth-order valence-corrected chi connectivity index (χ4v) is 11.7. The number of rotatable bonds is 12. The normalized spacial score (nSPS) is 11.1. The lowest BCUT2D eigenvalue weighted by Crippen LogP contribution is -2.45. The number of hydrogen-bond donors (Lipinski definition) is 2. The van der Waals surface area contributed by atoms with Crippen LogP contribution in [0.25, 0.3) is 0 Å². The molecular formula is C16H38Br2N2O3Si2. The van der Waals surface area contributed by atoms with Gasteiger partial charge in [0.05, 0.1) is 10.7 Å². The van der Waals surface area contributed by atoms with Crippen LogP contribution < -0.4 is 10.6 Å². The lowest BCUT2D eigenvalue weighted by atomic mass is 10.5. The predicted molar refractivity (Wildman–Crippen MR) is 122 cm³/mol. The van der Waals surface area contributed by atoms with E-state index in [2.05, 4.69) is 68.7 Å². The number of carbonyl (C=O) groups excluding carboxylic acids is 2. The lowest BCUT2D eigenvalue weighted by Gasteiger charge is -2.34. The minimum Gasteiger partial charge on any atom is -0.455 e. The summed E-state index contributed by atoms with van der Waals surface area (Å²) in [5.41, 5.74) is 0. The van der Waals surface area contributed by atoms with Crippen molar-refractivity contribution in [2.24, 2.45) is 0 Å². The minimum atomic E-state index is -1.71. The Balaban J connectivity index is -0.00000242. The van der Waals surface area contributed by atoms with Crippen molar-refractivity contribution in [1.29, 1.82) is 0 Å². The van der Waals surface area contributed by atoms with Gasteiger partial charge in [-0.05, 0) is 51.1 Å². The zero-order chi connectivity index (χ0) is 17.9. The molecule has 0 atom stereocenters. The maximum Gasteiger partial charge on any atom is 0.230 e. The van der Waals surface area contributed by atoms with E-state index in [9.17, 15) is 9.59 Å². The van der Waals surface area contributed by atoms with E-state index in [1.807, 2.05) is 0 Å². The fourth-order valence-electron chi connectivity index (χ4n) is 2.43. The van der Waals surface area contributed by atoms with Gasteiger partial charge in [0.2, 0.25) is 11.8 Å². The molecule has 25 heavy (non-hydrogen) atoms. The number of hydrogen-bond acceptors (Lipinski definition) is 3. The first-order valence-electron chi connectivity index (χ1n) is 7.97. The van der Waals surface area contributed by atoms with Crippen molar-refractivity contribution in [1.82, 2.24) is 10.6 Å². The summed E-state index contributed by atoms with van der Waals surface area (Å²) in [4.78, 5) is 22.4. The van der Waals surface area contributed by atoms with Crippen molar-refractivity contribution in [3.63, 3.8) is 0 Å². The predicted octanol–water partition coefficient (Wildman–Crippen LogP) is 4.49. The maximum absolute atomic E-state index is 11.2. The van der Waals surface area contributed by atoms with Crippen LogP contribution in [0.1, 0.15) is 27.7 Å². The molecule has 0 saturated heterocycles. The van der Waals surface area contributed by atoms with Crippen molar-refractivity contribution >= 4 is 60.3 Å². The molecule has 5 nitrogen and oxygen atoms in total. The Bertz CT molecular complexity index is 350. The van der Waals surface area contributed by atoms with Crippen LogP contribution in [0.3, 0.4) is 0 Å². The standard InChI is InChI=1S/C14H30Br2N2O3Si2.2CH4/c1-22(2,9-5-7-17-13(19)11-15)21-23(3,4)10-6-8-18-14(20)12-16;;/h5-12H2,1-4H3,(H,17,19)(H,18,20);2*1H4. The summed E-state index contributed by atoms with van der Waals surface area (Å²) in [6.45, 7) is 10.4. The molecule has 0 aromatic heterocycles. The Morgan fingerprint density at radius 1 is 0.800 bits per heavy atom. The summed E-state index contributed by atoms with van der Waals surface area (Å²) in [5.74, 6) is 0.0660. The summed E-state index contributed by atoms with van der Waals surface area (Å²) in [6, 6.07) is 2.10. The van der Waals surface area contributed by atoms with Gasteiger partial charge in [0, 0.05) is 13.1 Å². The molecule has 152 valence electrons. The summed E-state index contributed by atoms with van der Waals surface area (Å²) >= 11 is 6.28. The highest BCUT2D eigenvalue weighted by atomic mass is 79.9. The first kappa shape index (κ1) is 30.0. The molecule has 9 heteroatoms. The molecule has 0 fully saturated rings. The SMILES string of the molecule is C.C.C[Si](C)(CCCNC(=O)CBr)O[Si](C)(C)CCCNC(=O)CBr. The molecule has 0 aliphatic carbocycles. The van der Waals surface area contributed by atoms with Crippen molar-refractivity contribution < 1.29 is 13.7 Å². The summed E-state index contributed by atoms with van der Waals surface area (Å²) in [6.07, 6.45) is 1.92. The van der Waals surface area contributed by atoms with Crippen molar-refractivity contribution in [2.45, 2.75) is 66.0 Å². The third-order valence-corrected chi connectivity index (χ3v) is 11.9.